The molecule has 0 fully saturated rings. The average molecular weight is 235 g/mol. The summed E-state index contributed by atoms with van der Waals surface area (Å²) in [6.45, 7) is 13.3. The zero-order valence-corrected chi connectivity index (χ0v) is 11.2. The molecule has 0 saturated carbocycles. The van der Waals surface area contributed by atoms with E-state index in [2.05, 4.69) is 6.58 Å². The number of rotatable bonds is 4. The zero-order chi connectivity index (χ0) is 13.0. The van der Waals surface area contributed by atoms with Crippen LogP contribution in [0.3, 0.4) is 0 Å². The molecule has 0 bridgehead atoms. The summed E-state index contributed by atoms with van der Waals surface area (Å²) in [5, 5.41) is 0.459. The highest BCUT2D eigenvalue weighted by Gasteiger charge is 2.12. The molecular formula is C14H21NO2. The molecule has 1 heterocycles. The standard InChI is InChI=1S/C14H21NO2/c1-6-9-12-10(4)13(16)11(5)14(17-12)15(7-2)8-3/h9H,4,6-8H2,1-3,5H3/b12-9-. The lowest BCUT2D eigenvalue weighted by atomic mass is 10.2. The van der Waals surface area contributed by atoms with E-state index in [4.69, 9.17) is 4.42 Å². The highest BCUT2D eigenvalue weighted by atomic mass is 16.3. The Morgan fingerprint density at radius 2 is 1.88 bits per heavy atom. The summed E-state index contributed by atoms with van der Waals surface area (Å²) in [5.74, 6) is 0.673. The van der Waals surface area contributed by atoms with Gasteiger partial charge in [-0.05, 0) is 33.3 Å². The fourth-order valence-corrected chi connectivity index (χ4v) is 1.84. The van der Waals surface area contributed by atoms with Crippen molar-refractivity contribution in [2.45, 2.75) is 34.1 Å². The van der Waals surface area contributed by atoms with Crippen molar-refractivity contribution in [2.24, 2.45) is 0 Å². The summed E-state index contributed by atoms with van der Waals surface area (Å²) in [5.41, 5.74) is 1.23. The van der Waals surface area contributed by atoms with Gasteiger partial charge >= 0.3 is 0 Å². The minimum atomic E-state index is -0.0159. The number of hydrogen-bond donors (Lipinski definition) is 0. The molecule has 0 N–H and O–H groups in total. The molecule has 0 unspecified atom stereocenters. The molecule has 0 radical (unpaired) electrons. The quantitative estimate of drug-likeness (QED) is 0.791. The van der Waals surface area contributed by atoms with Crippen LogP contribution in [0.5, 0.6) is 0 Å². The molecule has 1 aromatic heterocycles. The van der Waals surface area contributed by atoms with Gasteiger partial charge in [0.05, 0.1) is 10.8 Å². The molecule has 3 heteroatoms. The third-order valence-corrected chi connectivity index (χ3v) is 2.88. The van der Waals surface area contributed by atoms with Crippen LogP contribution in [-0.2, 0) is 0 Å². The van der Waals surface area contributed by atoms with Crippen LogP contribution in [0.2, 0.25) is 0 Å². The van der Waals surface area contributed by atoms with Crippen LogP contribution in [0.25, 0.3) is 12.7 Å². The van der Waals surface area contributed by atoms with Crippen molar-refractivity contribution in [1.82, 2.24) is 0 Å². The van der Waals surface area contributed by atoms with Gasteiger partial charge in [0, 0.05) is 13.1 Å². The van der Waals surface area contributed by atoms with Gasteiger partial charge in [0.25, 0.3) is 0 Å². The molecule has 0 aliphatic rings. The van der Waals surface area contributed by atoms with Crippen LogP contribution in [0.1, 0.15) is 32.8 Å². The Balaban J connectivity index is 3.59. The second-order valence-corrected chi connectivity index (χ2v) is 3.99. The number of hydrogen-bond acceptors (Lipinski definition) is 3. The van der Waals surface area contributed by atoms with Crippen LogP contribution in [-0.4, -0.2) is 13.1 Å². The topological polar surface area (TPSA) is 33.5 Å². The minimum absolute atomic E-state index is 0.0159. The van der Waals surface area contributed by atoms with E-state index in [0.717, 1.165) is 19.5 Å². The largest absolute Gasteiger partial charge is 0.440 e. The predicted molar refractivity (Wildman–Crippen MR) is 72.8 cm³/mol. The van der Waals surface area contributed by atoms with Gasteiger partial charge in [0.15, 0.2) is 5.43 Å². The Labute approximate surface area is 102 Å². The number of nitrogens with zero attached hydrogens (tertiary/aromatic N) is 1. The average Bonchev–Trinajstić information content (AvgIpc) is 2.33. The molecule has 3 nitrogen and oxygen atoms in total. The lowest BCUT2D eigenvalue weighted by Crippen LogP contribution is -2.41. The third-order valence-electron chi connectivity index (χ3n) is 2.88. The SMILES string of the molecule is C=c1c(=O)c(C)c(N(CC)CC)o/c1=C\CC. The Hall–Kier alpha value is -1.51. The highest BCUT2D eigenvalue weighted by Crippen LogP contribution is 2.12. The van der Waals surface area contributed by atoms with E-state index < -0.39 is 0 Å². The van der Waals surface area contributed by atoms with Crippen molar-refractivity contribution >= 4 is 18.5 Å². The van der Waals surface area contributed by atoms with Crippen LogP contribution >= 0.6 is 0 Å². The second-order valence-electron chi connectivity index (χ2n) is 3.99. The molecular weight excluding hydrogens is 214 g/mol. The molecule has 17 heavy (non-hydrogen) atoms. The Morgan fingerprint density at radius 1 is 1.29 bits per heavy atom. The highest BCUT2D eigenvalue weighted by molar-refractivity contribution is 5.43. The molecule has 0 spiro atoms. The van der Waals surface area contributed by atoms with Crippen molar-refractivity contribution in [3.8, 4) is 0 Å². The zero-order valence-electron chi connectivity index (χ0n) is 11.2. The van der Waals surface area contributed by atoms with Gasteiger partial charge in [-0.15, -0.1) is 0 Å². The van der Waals surface area contributed by atoms with Gasteiger partial charge in [-0.25, -0.2) is 0 Å². The molecule has 0 saturated heterocycles. The van der Waals surface area contributed by atoms with Gasteiger partial charge in [0.1, 0.15) is 5.42 Å². The van der Waals surface area contributed by atoms with E-state index in [0.29, 0.717) is 22.1 Å². The lowest BCUT2D eigenvalue weighted by Gasteiger charge is -2.20. The molecule has 1 aromatic rings. The summed E-state index contributed by atoms with van der Waals surface area (Å²) >= 11 is 0. The van der Waals surface area contributed by atoms with Crippen molar-refractivity contribution in [3.63, 3.8) is 0 Å². The van der Waals surface area contributed by atoms with Crippen LogP contribution < -0.4 is 21.0 Å². The molecule has 0 aliphatic heterocycles. The Bertz CT molecular complexity index is 539. The smallest absolute Gasteiger partial charge is 0.202 e. The first-order valence-electron chi connectivity index (χ1n) is 6.14. The molecule has 0 atom stereocenters. The summed E-state index contributed by atoms with van der Waals surface area (Å²) < 4.78 is 5.81. The van der Waals surface area contributed by atoms with Gasteiger partial charge in [0.2, 0.25) is 5.88 Å². The summed E-state index contributed by atoms with van der Waals surface area (Å²) in [4.78, 5) is 14.1. The summed E-state index contributed by atoms with van der Waals surface area (Å²) in [6, 6.07) is 0. The van der Waals surface area contributed by atoms with E-state index in [1.54, 1.807) is 6.92 Å². The first-order valence-corrected chi connectivity index (χ1v) is 6.14. The van der Waals surface area contributed by atoms with Crippen LogP contribution in [0.4, 0.5) is 5.88 Å². The number of anilines is 1. The van der Waals surface area contributed by atoms with Gasteiger partial charge < -0.3 is 9.32 Å². The van der Waals surface area contributed by atoms with Crippen molar-refractivity contribution in [3.05, 3.63) is 26.4 Å². The van der Waals surface area contributed by atoms with Crippen molar-refractivity contribution in [2.75, 3.05) is 18.0 Å². The fraction of sp³-hybridized carbons (Fsp3) is 0.500. The second kappa shape index (κ2) is 5.71. The van der Waals surface area contributed by atoms with E-state index in [1.165, 1.54) is 0 Å². The van der Waals surface area contributed by atoms with Crippen molar-refractivity contribution in [1.29, 1.82) is 0 Å². The molecule has 0 amide bonds. The molecule has 94 valence electrons. The van der Waals surface area contributed by atoms with Crippen molar-refractivity contribution < 1.29 is 4.42 Å². The van der Waals surface area contributed by atoms with E-state index in [9.17, 15) is 4.79 Å². The van der Waals surface area contributed by atoms with E-state index in [-0.39, 0.29) is 5.43 Å². The Kier molecular flexibility index (Phi) is 4.55. The fourth-order valence-electron chi connectivity index (χ4n) is 1.84. The summed E-state index contributed by atoms with van der Waals surface area (Å²) in [7, 11) is 0. The molecule has 0 aliphatic carbocycles. The predicted octanol–water partition coefficient (Wildman–Crippen LogP) is 1.40. The van der Waals surface area contributed by atoms with E-state index in [1.807, 2.05) is 31.7 Å². The van der Waals surface area contributed by atoms with Gasteiger partial charge in [-0.1, -0.05) is 13.5 Å². The summed E-state index contributed by atoms with van der Waals surface area (Å²) in [6.07, 6.45) is 2.72. The van der Waals surface area contributed by atoms with Gasteiger partial charge in [-0.2, -0.15) is 0 Å². The molecule has 1 rings (SSSR count). The maximum Gasteiger partial charge on any atom is 0.202 e. The van der Waals surface area contributed by atoms with Gasteiger partial charge in [-0.3, -0.25) is 4.79 Å². The lowest BCUT2D eigenvalue weighted by molar-refractivity contribution is 0.492. The molecule has 0 aromatic carbocycles. The normalized spacial score (nSPS) is 11.9. The first kappa shape index (κ1) is 13.6. The van der Waals surface area contributed by atoms with Crippen LogP contribution in [0, 0.1) is 6.92 Å². The maximum absolute atomic E-state index is 12.1. The van der Waals surface area contributed by atoms with Crippen LogP contribution in [0.15, 0.2) is 9.21 Å². The maximum atomic E-state index is 12.1. The van der Waals surface area contributed by atoms with E-state index >= 15 is 0 Å². The third kappa shape index (κ3) is 2.60. The monoisotopic (exact) mass is 235 g/mol. The first-order chi connectivity index (χ1) is 8.06. The minimum Gasteiger partial charge on any atom is -0.440 e. The Morgan fingerprint density at radius 3 is 2.35 bits per heavy atom.